The van der Waals surface area contributed by atoms with Crippen molar-refractivity contribution < 1.29 is 8.81 Å². The van der Waals surface area contributed by atoms with Crippen molar-refractivity contribution in [1.82, 2.24) is 10.2 Å². The van der Waals surface area contributed by atoms with Gasteiger partial charge >= 0.3 is 0 Å². The number of aryl methyl sites for hydroxylation is 1. The van der Waals surface area contributed by atoms with Gasteiger partial charge in [0.05, 0.1) is 10.6 Å². The van der Waals surface area contributed by atoms with Gasteiger partial charge in [-0.25, -0.2) is 4.39 Å². The van der Waals surface area contributed by atoms with Crippen LogP contribution in [0.2, 0.25) is 5.02 Å². The van der Waals surface area contributed by atoms with Crippen LogP contribution in [0.5, 0.6) is 0 Å². The molecular weight excluding hydrogens is 293 g/mol. The molecule has 0 radical (unpaired) electrons. The lowest BCUT2D eigenvalue weighted by atomic mass is 10.0. The summed E-state index contributed by atoms with van der Waals surface area (Å²) in [5.41, 5.74) is 7.15. The summed E-state index contributed by atoms with van der Waals surface area (Å²) < 4.78 is 19.9. The van der Waals surface area contributed by atoms with Gasteiger partial charge in [-0.2, -0.15) is 5.10 Å². The number of aromatic nitrogens is 2. The Morgan fingerprint density at radius 3 is 2.86 bits per heavy atom. The highest BCUT2D eigenvalue weighted by Gasteiger charge is 2.21. The van der Waals surface area contributed by atoms with E-state index in [0.29, 0.717) is 17.0 Å². The number of aromatic amines is 1. The monoisotopic (exact) mass is 305 g/mol. The number of nitrogens with two attached hydrogens (primary N) is 1. The highest BCUT2D eigenvalue weighted by Crippen LogP contribution is 2.38. The normalized spacial score (nSPS) is 11.0. The van der Waals surface area contributed by atoms with E-state index in [4.69, 9.17) is 21.8 Å². The summed E-state index contributed by atoms with van der Waals surface area (Å²) in [5.74, 6) is 1.05. The zero-order valence-corrected chi connectivity index (χ0v) is 12.0. The third kappa shape index (κ3) is 2.29. The maximum atomic E-state index is 14.3. The molecule has 0 saturated carbocycles. The summed E-state index contributed by atoms with van der Waals surface area (Å²) in [5, 5.41) is 6.79. The Hall–Kier alpha value is -2.27. The van der Waals surface area contributed by atoms with E-state index >= 15 is 0 Å². The van der Waals surface area contributed by atoms with Crippen molar-refractivity contribution in [3.63, 3.8) is 0 Å². The predicted molar refractivity (Wildman–Crippen MR) is 80.5 cm³/mol. The van der Waals surface area contributed by atoms with Crippen molar-refractivity contribution in [2.45, 2.75) is 13.3 Å². The number of nitrogens with one attached hydrogen (secondary N) is 1. The van der Waals surface area contributed by atoms with Crippen molar-refractivity contribution in [2.75, 3.05) is 5.73 Å². The smallest absolute Gasteiger partial charge is 0.153 e. The lowest BCUT2D eigenvalue weighted by Crippen LogP contribution is -1.92. The average molecular weight is 306 g/mol. The van der Waals surface area contributed by atoms with Gasteiger partial charge in [-0.15, -0.1) is 0 Å². The van der Waals surface area contributed by atoms with Gasteiger partial charge in [0, 0.05) is 12.0 Å². The van der Waals surface area contributed by atoms with Gasteiger partial charge in [0.15, 0.2) is 11.6 Å². The predicted octanol–water partition coefficient (Wildman–Crippen LogP) is 4.27. The molecule has 0 bridgehead atoms. The Kier molecular flexibility index (Phi) is 3.43. The van der Waals surface area contributed by atoms with Crippen LogP contribution in [0, 0.1) is 5.82 Å². The van der Waals surface area contributed by atoms with Crippen molar-refractivity contribution in [2.24, 2.45) is 0 Å². The largest absolute Gasteiger partial charge is 0.459 e. The van der Waals surface area contributed by atoms with E-state index < -0.39 is 5.82 Å². The number of H-pyrrole nitrogens is 1. The van der Waals surface area contributed by atoms with Crippen molar-refractivity contribution >= 4 is 17.4 Å². The molecule has 0 aliphatic rings. The van der Waals surface area contributed by atoms with Crippen LogP contribution in [0.15, 0.2) is 34.7 Å². The van der Waals surface area contributed by atoms with Crippen LogP contribution in [0.3, 0.4) is 0 Å². The van der Waals surface area contributed by atoms with E-state index in [2.05, 4.69) is 10.2 Å². The van der Waals surface area contributed by atoms with Gasteiger partial charge in [-0.05, 0) is 18.2 Å². The standard InChI is InChI=1S/C15H13ClFN3O/c1-2-8-6-7-11(21-8)14-12(15(18)20-19-14)9-4-3-5-10(16)13(9)17/h3-7H,2H2,1H3,(H3,18,19,20). The van der Waals surface area contributed by atoms with Gasteiger partial charge in [0.25, 0.3) is 0 Å². The lowest BCUT2D eigenvalue weighted by molar-refractivity contribution is 0.527. The summed E-state index contributed by atoms with van der Waals surface area (Å²) in [6.45, 7) is 1.99. The fraction of sp³-hybridized carbons (Fsp3) is 0.133. The average Bonchev–Trinajstić information content (AvgIpc) is 3.08. The second kappa shape index (κ2) is 5.26. The Labute approximate surface area is 125 Å². The van der Waals surface area contributed by atoms with Crippen LogP contribution in [0.25, 0.3) is 22.6 Å². The topological polar surface area (TPSA) is 67.8 Å². The molecular formula is C15H13ClFN3O. The lowest BCUT2D eigenvalue weighted by Gasteiger charge is -2.05. The quantitative estimate of drug-likeness (QED) is 0.759. The van der Waals surface area contributed by atoms with E-state index in [1.165, 1.54) is 6.07 Å². The maximum Gasteiger partial charge on any atom is 0.153 e. The molecule has 0 unspecified atom stereocenters. The molecule has 0 aliphatic carbocycles. The molecule has 1 aromatic carbocycles. The third-order valence-electron chi connectivity index (χ3n) is 3.27. The number of hydrogen-bond acceptors (Lipinski definition) is 3. The van der Waals surface area contributed by atoms with Crippen LogP contribution in [-0.4, -0.2) is 10.2 Å². The van der Waals surface area contributed by atoms with Crippen molar-refractivity contribution in [3.8, 4) is 22.6 Å². The van der Waals surface area contributed by atoms with E-state index in [1.807, 2.05) is 13.0 Å². The van der Waals surface area contributed by atoms with Crippen molar-refractivity contribution in [3.05, 3.63) is 46.9 Å². The number of benzene rings is 1. The van der Waals surface area contributed by atoms with Gasteiger partial charge < -0.3 is 10.2 Å². The molecule has 0 aliphatic heterocycles. The molecule has 0 fully saturated rings. The minimum atomic E-state index is -0.532. The third-order valence-corrected chi connectivity index (χ3v) is 3.56. The second-order valence-corrected chi connectivity index (χ2v) is 4.99. The number of furan rings is 1. The van der Waals surface area contributed by atoms with Gasteiger partial charge in [-0.3, -0.25) is 5.10 Å². The van der Waals surface area contributed by atoms with Crippen LogP contribution in [-0.2, 0) is 6.42 Å². The van der Waals surface area contributed by atoms with Gasteiger partial charge in [0.1, 0.15) is 17.3 Å². The second-order valence-electron chi connectivity index (χ2n) is 4.58. The number of anilines is 1. The van der Waals surface area contributed by atoms with E-state index in [1.54, 1.807) is 18.2 Å². The summed E-state index contributed by atoms with van der Waals surface area (Å²) in [4.78, 5) is 0. The highest BCUT2D eigenvalue weighted by atomic mass is 35.5. The summed E-state index contributed by atoms with van der Waals surface area (Å²) >= 11 is 5.84. The first-order chi connectivity index (χ1) is 10.1. The van der Waals surface area contributed by atoms with E-state index in [-0.39, 0.29) is 16.4 Å². The first kappa shape index (κ1) is 13.7. The molecule has 2 heterocycles. The molecule has 4 nitrogen and oxygen atoms in total. The minimum Gasteiger partial charge on any atom is -0.459 e. The molecule has 2 aromatic heterocycles. The van der Waals surface area contributed by atoms with E-state index in [9.17, 15) is 4.39 Å². The molecule has 3 rings (SSSR count). The van der Waals surface area contributed by atoms with Gasteiger partial charge in [-0.1, -0.05) is 30.7 Å². The Balaban J connectivity index is 2.19. The first-order valence-electron chi connectivity index (χ1n) is 6.49. The number of rotatable bonds is 3. The maximum absolute atomic E-state index is 14.3. The molecule has 21 heavy (non-hydrogen) atoms. The number of nitrogen functional groups attached to an aromatic ring is 1. The molecule has 3 N–H and O–H groups in total. The SMILES string of the molecule is CCc1ccc(-c2[nH]nc(N)c2-c2cccc(Cl)c2F)o1. The van der Waals surface area contributed by atoms with E-state index in [0.717, 1.165) is 12.2 Å². The summed E-state index contributed by atoms with van der Waals surface area (Å²) in [6, 6.07) is 8.42. The summed E-state index contributed by atoms with van der Waals surface area (Å²) in [6.07, 6.45) is 0.768. The number of nitrogens with zero attached hydrogens (tertiary/aromatic N) is 1. The molecule has 3 aromatic rings. The Bertz CT molecular complexity index is 794. The Morgan fingerprint density at radius 2 is 2.14 bits per heavy atom. The minimum absolute atomic E-state index is 0.0349. The van der Waals surface area contributed by atoms with Gasteiger partial charge in [0.2, 0.25) is 0 Å². The highest BCUT2D eigenvalue weighted by molar-refractivity contribution is 6.31. The number of halogens is 2. The first-order valence-corrected chi connectivity index (χ1v) is 6.87. The fourth-order valence-corrected chi connectivity index (χ4v) is 2.38. The zero-order chi connectivity index (χ0) is 15.0. The molecule has 108 valence electrons. The number of hydrogen-bond donors (Lipinski definition) is 2. The molecule has 0 amide bonds. The van der Waals surface area contributed by atoms with Crippen LogP contribution in [0.4, 0.5) is 10.2 Å². The van der Waals surface area contributed by atoms with Crippen LogP contribution >= 0.6 is 11.6 Å². The van der Waals surface area contributed by atoms with Crippen LogP contribution < -0.4 is 5.73 Å². The van der Waals surface area contributed by atoms with Crippen LogP contribution in [0.1, 0.15) is 12.7 Å². The molecule has 0 spiro atoms. The van der Waals surface area contributed by atoms with Crippen molar-refractivity contribution in [1.29, 1.82) is 0 Å². The molecule has 0 atom stereocenters. The molecule has 0 saturated heterocycles. The zero-order valence-electron chi connectivity index (χ0n) is 11.3. The molecule has 6 heteroatoms. The fourth-order valence-electron chi connectivity index (χ4n) is 2.21. The summed E-state index contributed by atoms with van der Waals surface area (Å²) in [7, 11) is 0. The Morgan fingerprint density at radius 1 is 1.33 bits per heavy atom.